The Labute approximate surface area is 181 Å². The number of amides is 2. The topological polar surface area (TPSA) is 168 Å². The summed E-state index contributed by atoms with van der Waals surface area (Å²) in [6.07, 6.45) is 4.03. The van der Waals surface area contributed by atoms with Crippen LogP contribution < -0.4 is 22.1 Å². The number of aromatic hydroxyl groups is 1. The van der Waals surface area contributed by atoms with Gasteiger partial charge in [-0.3, -0.25) is 9.59 Å². The Morgan fingerprint density at radius 1 is 1.03 bits per heavy atom. The second kappa shape index (κ2) is 13.8. The molecule has 0 fully saturated rings. The van der Waals surface area contributed by atoms with Gasteiger partial charge < -0.3 is 32.3 Å². The van der Waals surface area contributed by atoms with Gasteiger partial charge in [0.05, 0.1) is 6.04 Å². The smallest absolute Gasteiger partial charge is 0.326 e. The van der Waals surface area contributed by atoms with Gasteiger partial charge in [-0.15, -0.1) is 0 Å². The van der Waals surface area contributed by atoms with Gasteiger partial charge in [0.1, 0.15) is 17.8 Å². The van der Waals surface area contributed by atoms with Gasteiger partial charge in [-0.2, -0.15) is 11.8 Å². The summed E-state index contributed by atoms with van der Waals surface area (Å²) in [5.74, 6) is -1.44. The lowest BCUT2D eigenvalue weighted by atomic mass is 10.0. The highest BCUT2D eigenvalue weighted by Gasteiger charge is 2.27. The van der Waals surface area contributed by atoms with E-state index in [9.17, 15) is 24.6 Å². The van der Waals surface area contributed by atoms with Crippen LogP contribution in [0.3, 0.4) is 0 Å². The van der Waals surface area contributed by atoms with Gasteiger partial charge in [0.2, 0.25) is 11.8 Å². The minimum Gasteiger partial charge on any atom is -0.508 e. The maximum absolute atomic E-state index is 12.8. The molecule has 8 N–H and O–H groups in total. The lowest BCUT2D eigenvalue weighted by molar-refractivity contribution is -0.142. The van der Waals surface area contributed by atoms with Crippen LogP contribution in [0.1, 0.15) is 31.2 Å². The van der Waals surface area contributed by atoms with Crippen molar-refractivity contribution in [2.75, 3.05) is 18.6 Å². The number of rotatable bonds is 14. The van der Waals surface area contributed by atoms with E-state index in [0.717, 1.165) is 0 Å². The lowest BCUT2D eigenvalue weighted by Gasteiger charge is -2.23. The van der Waals surface area contributed by atoms with E-state index in [0.29, 0.717) is 43.5 Å². The van der Waals surface area contributed by atoms with E-state index in [4.69, 9.17) is 11.5 Å². The zero-order valence-corrected chi connectivity index (χ0v) is 18.0. The average Bonchev–Trinajstić information content (AvgIpc) is 2.72. The number of aliphatic carboxylic acids is 1. The molecular weight excluding hydrogens is 408 g/mol. The van der Waals surface area contributed by atoms with Crippen LogP contribution >= 0.6 is 11.8 Å². The van der Waals surface area contributed by atoms with E-state index in [-0.39, 0.29) is 12.2 Å². The van der Waals surface area contributed by atoms with Gasteiger partial charge in [0.25, 0.3) is 0 Å². The van der Waals surface area contributed by atoms with Crippen LogP contribution in [0, 0.1) is 0 Å². The molecule has 3 unspecified atom stereocenters. The van der Waals surface area contributed by atoms with E-state index >= 15 is 0 Å². The van der Waals surface area contributed by atoms with Gasteiger partial charge in [-0.05, 0) is 61.9 Å². The molecule has 0 spiro atoms. The van der Waals surface area contributed by atoms with Crippen LogP contribution in [0.5, 0.6) is 5.75 Å². The highest BCUT2D eigenvalue weighted by Crippen LogP contribution is 2.12. The number of nitrogens with one attached hydrogen (secondary N) is 2. The fourth-order valence-corrected chi connectivity index (χ4v) is 3.25. The third kappa shape index (κ3) is 9.47. The van der Waals surface area contributed by atoms with Crippen molar-refractivity contribution in [3.63, 3.8) is 0 Å². The first-order chi connectivity index (χ1) is 14.3. The van der Waals surface area contributed by atoms with Crippen LogP contribution in [0.2, 0.25) is 0 Å². The highest BCUT2D eigenvalue weighted by molar-refractivity contribution is 7.98. The quantitative estimate of drug-likeness (QED) is 0.223. The minimum absolute atomic E-state index is 0.0397. The number of phenols is 1. The van der Waals surface area contributed by atoms with Crippen molar-refractivity contribution < 1.29 is 24.6 Å². The van der Waals surface area contributed by atoms with E-state index in [1.165, 1.54) is 12.1 Å². The second-order valence-electron chi connectivity index (χ2n) is 7.00. The van der Waals surface area contributed by atoms with Crippen molar-refractivity contribution in [1.29, 1.82) is 0 Å². The SMILES string of the molecule is CSCCC(N)C(=O)NC(CCCCN)C(=O)NC(Cc1ccc(O)cc1)C(=O)O. The van der Waals surface area contributed by atoms with Crippen molar-refractivity contribution in [2.24, 2.45) is 11.5 Å². The standard InChI is InChI=1S/C20H32N4O5S/c1-30-11-9-15(22)18(26)23-16(4-2-3-10-21)19(27)24-17(20(28)29)12-13-5-7-14(25)8-6-13/h5-8,15-17,25H,2-4,9-12,21-22H2,1H3,(H,23,26)(H,24,27)(H,28,29). The zero-order chi connectivity index (χ0) is 22.5. The molecule has 9 nitrogen and oxygen atoms in total. The molecule has 1 aromatic carbocycles. The van der Waals surface area contributed by atoms with Crippen molar-refractivity contribution in [1.82, 2.24) is 10.6 Å². The van der Waals surface area contributed by atoms with Crippen molar-refractivity contribution in [3.8, 4) is 5.75 Å². The summed E-state index contributed by atoms with van der Waals surface area (Å²) in [6, 6.07) is 3.25. The molecule has 30 heavy (non-hydrogen) atoms. The maximum Gasteiger partial charge on any atom is 0.326 e. The van der Waals surface area contributed by atoms with E-state index in [1.54, 1.807) is 23.9 Å². The summed E-state index contributed by atoms with van der Waals surface area (Å²) >= 11 is 1.57. The molecule has 0 aliphatic rings. The predicted molar refractivity (Wildman–Crippen MR) is 117 cm³/mol. The fraction of sp³-hybridized carbons (Fsp3) is 0.550. The van der Waals surface area contributed by atoms with Crippen molar-refractivity contribution >= 4 is 29.5 Å². The van der Waals surface area contributed by atoms with Gasteiger partial charge in [-0.25, -0.2) is 4.79 Å². The molecule has 0 aliphatic heterocycles. The summed E-state index contributed by atoms with van der Waals surface area (Å²) in [5.41, 5.74) is 12.0. The number of hydrogen-bond acceptors (Lipinski definition) is 7. The van der Waals surface area contributed by atoms with Gasteiger partial charge >= 0.3 is 5.97 Å². The Hall–Kier alpha value is -2.30. The molecule has 0 bridgehead atoms. The normalized spacial score (nSPS) is 13.8. The Balaban J connectivity index is 2.81. The van der Waals surface area contributed by atoms with E-state index < -0.39 is 35.9 Å². The number of carbonyl (C=O) groups excluding carboxylic acids is 2. The summed E-state index contributed by atoms with van der Waals surface area (Å²) < 4.78 is 0. The molecule has 0 heterocycles. The number of carboxylic acid groups (broad SMARTS) is 1. The van der Waals surface area contributed by atoms with Crippen LogP contribution in [-0.2, 0) is 20.8 Å². The first kappa shape index (κ1) is 25.7. The van der Waals surface area contributed by atoms with Crippen molar-refractivity contribution in [3.05, 3.63) is 29.8 Å². The number of carboxylic acids is 1. The Bertz CT molecular complexity index is 686. The number of thioether (sulfide) groups is 1. The minimum atomic E-state index is -1.19. The first-order valence-electron chi connectivity index (χ1n) is 9.84. The third-order valence-corrected chi connectivity index (χ3v) is 5.18. The summed E-state index contributed by atoms with van der Waals surface area (Å²) in [4.78, 5) is 36.8. The van der Waals surface area contributed by atoms with Crippen LogP contribution in [0.4, 0.5) is 0 Å². The summed E-state index contributed by atoms with van der Waals surface area (Å²) in [7, 11) is 0. The van der Waals surface area contributed by atoms with Gasteiger partial charge in [0, 0.05) is 6.42 Å². The lowest BCUT2D eigenvalue weighted by Crippen LogP contribution is -2.54. The molecular formula is C20H32N4O5S. The van der Waals surface area contributed by atoms with Crippen molar-refractivity contribution in [2.45, 2.75) is 50.2 Å². The van der Waals surface area contributed by atoms with Crippen LogP contribution in [0.15, 0.2) is 24.3 Å². The Morgan fingerprint density at radius 3 is 2.23 bits per heavy atom. The predicted octanol–water partition coefficient (Wildman–Crippen LogP) is 0.198. The molecule has 3 atom stereocenters. The molecule has 1 rings (SSSR count). The number of nitrogens with two attached hydrogens (primary N) is 2. The van der Waals surface area contributed by atoms with E-state index in [2.05, 4.69) is 10.6 Å². The Morgan fingerprint density at radius 2 is 1.67 bits per heavy atom. The highest BCUT2D eigenvalue weighted by atomic mass is 32.2. The Kier molecular flexibility index (Phi) is 11.9. The molecule has 10 heteroatoms. The zero-order valence-electron chi connectivity index (χ0n) is 17.2. The second-order valence-corrected chi connectivity index (χ2v) is 7.99. The largest absolute Gasteiger partial charge is 0.508 e. The number of phenolic OH excluding ortho intramolecular Hbond substituents is 1. The molecule has 0 aliphatic carbocycles. The van der Waals surface area contributed by atoms with Gasteiger partial charge in [-0.1, -0.05) is 12.1 Å². The molecule has 0 radical (unpaired) electrons. The first-order valence-corrected chi connectivity index (χ1v) is 11.2. The maximum atomic E-state index is 12.8. The summed E-state index contributed by atoms with van der Waals surface area (Å²) in [5, 5.41) is 24.0. The van der Waals surface area contributed by atoms with Crippen LogP contribution in [-0.4, -0.2) is 64.7 Å². The third-order valence-electron chi connectivity index (χ3n) is 4.54. The van der Waals surface area contributed by atoms with E-state index in [1.807, 2.05) is 6.26 Å². The monoisotopic (exact) mass is 440 g/mol. The molecule has 0 saturated heterocycles. The average molecular weight is 441 g/mol. The fourth-order valence-electron chi connectivity index (χ4n) is 2.76. The molecule has 0 saturated carbocycles. The summed E-state index contributed by atoms with van der Waals surface area (Å²) in [6.45, 7) is 0.453. The van der Waals surface area contributed by atoms with Crippen LogP contribution in [0.25, 0.3) is 0 Å². The number of unbranched alkanes of at least 4 members (excludes halogenated alkanes) is 1. The van der Waals surface area contributed by atoms with Gasteiger partial charge in [0.15, 0.2) is 0 Å². The molecule has 1 aromatic rings. The molecule has 2 amide bonds. The number of benzene rings is 1. The number of carbonyl (C=O) groups is 3. The molecule has 168 valence electrons. The number of hydrogen-bond donors (Lipinski definition) is 6. The molecule has 0 aromatic heterocycles.